The summed E-state index contributed by atoms with van der Waals surface area (Å²) in [5.74, 6) is 0.243. The van der Waals surface area contributed by atoms with Crippen LogP contribution in [0.2, 0.25) is 0 Å². The van der Waals surface area contributed by atoms with Gasteiger partial charge in [0.2, 0.25) is 11.8 Å². The minimum Gasteiger partial charge on any atom is -0.495 e. The van der Waals surface area contributed by atoms with E-state index < -0.39 is 10.0 Å². The van der Waals surface area contributed by atoms with Gasteiger partial charge >= 0.3 is 0 Å². The van der Waals surface area contributed by atoms with Gasteiger partial charge in [-0.15, -0.1) is 0 Å². The molecule has 2 aromatic carbocycles. The number of ether oxygens (including phenoxy) is 1. The van der Waals surface area contributed by atoms with E-state index in [4.69, 9.17) is 4.74 Å². The lowest BCUT2D eigenvalue weighted by Crippen LogP contribution is -2.24. The van der Waals surface area contributed by atoms with E-state index in [-0.39, 0.29) is 16.7 Å². The molecular formula is C20H23N3O5S. The topological polar surface area (TPSA) is 105 Å². The zero-order valence-electron chi connectivity index (χ0n) is 16.5. The lowest BCUT2D eigenvalue weighted by atomic mass is 10.2. The number of benzene rings is 2. The number of amides is 2. The van der Waals surface area contributed by atoms with Gasteiger partial charge in [0.15, 0.2) is 0 Å². The van der Waals surface area contributed by atoms with E-state index in [9.17, 15) is 18.0 Å². The quantitative estimate of drug-likeness (QED) is 0.752. The van der Waals surface area contributed by atoms with Crippen molar-refractivity contribution in [1.29, 1.82) is 0 Å². The zero-order valence-corrected chi connectivity index (χ0v) is 17.3. The maximum Gasteiger partial charge on any atom is 0.262 e. The summed E-state index contributed by atoms with van der Waals surface area (Å²) in [5.41, 5.74) is 1.87. The molecule has 0 atom stereocenters. The first-order valence-electron chi connectivity index (χ1n) is 9.11. The number of carbonyl (C=O) groups excluding carboxylic acids is 2. The molecule has 0 unspecified atom stereocenters. The maximum atomic E-state index is 12.9. The minimum atomic E-state index is -3.87. The summed E-state index contributed by atoms with van der Waals surface area (Å²) in [6, 6.07) is 9.38. The van der Waals surface area contributed by atoms with Gasteiger partial charge in [-0.05, 0) is 55.3 Å². The number of hydrogen-bond acceptors (Lipinski definition) is 5. The van der Waals surface area contributed by atoms with Crippen molar-refractivity contribution in [2.45, 2.75) is 31.6 Å². The van der Waals surface area contributed by atoms with Gasteiger partial charge in [0, 0.05) is 25.6 Å². The largest absolute Gasteiger partial charge is 0.495 e. The molecule has 2 aromatic rings. The number of nitrogens with zero attached hydrogens (tertiary/aromatic N) is 1. The minimum absolute atomic E-state index is 0.0206. The third-order valence-electron chi connectivity index (χ3n) is 4.58. The lowest BCUT2D eigenvalue weighted by Gasteiger charge is -2.20. The number of aryl methyl sites for hydroxylation is 1. The van der Waals surface area contributed by atoms with Crippen molar-refractivity contribution in [2.75, 3.05) is 28.6 Å². The molecule has 3 rings (SSSR count). The van der Waals surface area contributed by atoms with Crippen molar-refractivity contribution in [3.05, 3.63) is 42.0 Å². The van der Waals surface area contributed by atoms with Crippen LogP contribution in [-0.4, -0.2) is 33.9 Å². The Morgan fingerprint density at radius 3 is 2.45 bits per heavy atom. The molecule has 2 amide bonds. The van der Waals surface area contributed by atoms with Crippen molar-refractivity contribution in [1.82, 2.24) is 0 Å². The molecule has 0 radical (unpaired) electrons. The van der Waals surface area contributed by atoms with Crippen molar-refractivity contribution in [3.63, 3.8) is 0 Å². The van der Waals surface area contributed by atoms with Crippen LogP contribution in [0.25, 0.3) is 0 Å². The van der Waals surface area contributed by atoms with Crippen LogP contribution in [-0.2, 0) is 19.6 Å². The first-order chi connectivity index (χ1) is 13.7. The van der Waals surface area contributed by atoms with Gasteiger partial charge in [-0.2, -0.15) is 0 Å². The van der Waals surface area contributed by atoms with Crippen molar-refractivity contribution < 1.29 is 22.7 Å². The molecule has 29 heavy (non-hydrogen) atoms. The van der Waals surface area contributed by atoms with Crippen molar-refractivity contribution in [3.8, 4) is 5.75 Å². The first-order valence-corrected chi connectivity index (χ1v) is 10.6. The number of carbonyl (C=O) groups is 2. The second-order valence-electron chi connectivity index (χ2n) is 6.80. The Bertz CT molecular complexity index is 1070. The predicted molar refractivity (Wildman–Crippen MR) is 111 cm³/mol. The molecule has 9 heteroatoms. The first kappa shape index (κ1) is 20.7. The Balaban J connectivity index is 1.91. The van der Waals surface area contributed by atoms with E-state index in [2.05, 4.69) is 10.0 Å². The molecule has 1 fully saturated rings. The third-order valence-corrected chi connectivity index (χ3v) is 6.12. The smallest absolute Gasteiger partial charge is 0.262 e. The molecule has 0 aromatic heterocycles. The third kappa shape index (κ3) is 4.51. The van der Waals surface area contributed by atoms with Crippen LogP contribution in [0.3, 0.4) is 0 Å². The molecule has 0 aliphatic carbocycles. The number of sulfonamides is 1. The predicted octanol–water partition coefficient (Wildman–Crippen LogP) is 2.89. The molecule has 0 spiro atoms. The molecular weight excluding hydrogens is 394 g/mol. The van der Waals surface area contributed by atoms with E-state index in [0.29, 0.717) is 41.3 Å². The summed E-state index contributed by atoms with van der Waals surface area (Å²) >= 11 is 0. The van der Waals surface area contributed by atoms with Crippen LogP contribution < -0.4 is 19.7 Å². The Labute approximate surface area is 169 Å². The summed E-state index contributed by atoms with van der Waals surface area (Å²) < 4.78 is 33.7. The molecule has 8 nitrogen and oxygen atoms in total. The highest BCUT2D eigenvalue weighted by Gasteiger charge is 2.25. The van der Waals surface area contributed by atoms with E-state index in [1.54, 1.807) is 36.1 Å². The molecule has 1 aliphatic heterocycles. The second kappa shape index (κ2) is 8.12. The Morgan fingerprint density at radius 1 is 1.14 bits per heavy atom. The SMILES string of the molecule is COc1ccc(NS(=O)(=O)c2ccc(NC(C)=O)cc2C)cc1N1CCCC1=O. The van der Waals surface area contributed by atoms with Crippen molar-refractivity contribution in [2.24, 2.45) is 0 Å². The normalized spacial score (nSPS) is 14.0. The van der Waals surface area contributed by atoms with Crippen LogP contribution in [0.5, 0.6) is 5.75 Å². The van der Waals surface area contributed by atoms with Gasteiger partial charge in [-0.1, -0.05) is 0 Å². The zero-order chi connectivity index (χ0) is 21.2. The number of methoxy groups -OCH3 is 1. The Hall–Kier alpha value is -3.07. The van der Waals surface area contributed by atoms with Crippen LogP contribution in [0.1, 0.15) is 25.3 Å². The summed E-state index contributed by atoms with van der Waals surface area (Å²) in [6.07, 6.45) is 1.21. The summed E-state index contributed by atoms with van der Waals surface area (Å²) in [6.45, 7) is 3.60. The molecule has 154 valence electrons. The average molecular weight is 417 g/mol. The highest BCUT2D eigenvalue weighted by molar-refractivity contribution is 7.92. The molecule has 2 N–H and O–H groups in total. The van der Waals surface area contributed by atoms with E-state index >= 15 is 0 Å². The molecule has 1 heterocycles. The molecule has 0 bridgehead atoms. The maximum absolute atomic E-state index is 12.9. The van der Waals surface area contributed by atoms with Crippen molar-refractivity contribution >= 4 is 38.9 Å². The molecule has 1 aliphatic rings. The summed E-state index contributed by atoms with van der Waals surface area (Å²) in [7, 11) is -2.37. The summed E-state index contributed by atoms with van der Waals surface area (Å²) in [5, 5.41) is 2.62. The fourth-order valence-electron chi connectivity index (χ4n) is 3.31. The number of rotatable bonds is 6. The lowest BCUT2D eigenvalue weighted by molar-refractivity contribution is -0.117. The number of hydrogen-bond donors (Lipinski definition) is 2. The monoisotopic (exact) mass is 417 g/mol. The van der Waals surface area contributed by atoms with E-state index in [1.807, 2.05) is 0 Å². The number of nitrogens with one attached hydrogen (secondary N) is 2. The highest BCUT2D eigenvalue weighted by Crippen LogP contribution is 2.35. The Kier molecular flexibility index (Phi) is 5.78. The fourth-order valence-corrected chi connectivity index (χ4v) is 4.59. The van der Waals surface area contributed by atoms with Gasteiger partial charge in [0.05, 0.1) is 23.4 Å². The molecule has 0 saturated carbocycles. The van der Waals surface area contributed by atoms with Gasteiger partial charge in [0.1, 0.15) is 5.75 Å². The highest BCUT2D eigenvalue weighted by atomic mass is 32.2. The molecule has 1 saturated heterocycles. The van der Waals surface area contributed by atoms with Crippen LogP contribution in [0, 0.1) is 6.92 Å². The summed E-state index contributed by atoms with van der Waals surface area (Å²) in [4.78, 5) is 25.0. The Morgan fingerprint density at radius 2 is 1.86 bits per heavy atom. The second-order valence-corrected chi connectivity index (χ2v) is 8.45. The van der Waals surface area contributed by atoms with Crippen LogP contribution in [0.4, 0.5) is 17.1 Å². The standard InChI is InChI=1S/C20H23N3O5S/c1-13-11-15(21-14(2)24)7-9-19(13)29(26,27)22-16-6-8-18(28-3)17(12-16)23-10-4-5-20(23)25/h6-9,11-12,22H,4-5,10H2,1-3H3,(H,21,24). The van der Waals surface area contributed by atoms with E-state index in [0.717, 1.165) is 6.42 Å². The van der Waals surface area contributed by atoms with E-state index in [1.165, 1.54) is 26.2 Å². The van der Waals surface area contributed by atoms with Gasteiger partial charge in [0.25, 0.3) is 10.0 Å². The van der Waals surface area contributed by atoms with Crippen LogP contribution in [0.15, 0.2) is 41.3 Å². The number of anilines is 3. The van der Waals surface area contributed by atoms with Gasteiger partial charge in [-0.25, -0.2) is 8.42 Å². The van der Waals surface area contributed by atoms with Gasteiger partial charge in [-0.3, -0.25) is 14.3 Å². The van der Waals surface area contributed by atoms with Gasteiger partial charge < -0.3 is 15.0 Å². The average Bonchev–Trinajstić information content (AvgIpc) is 3.06. The van der Waals surface area contributed by atoms with Crippen LogP contribution >= 0.6 is 0 Å². The fraction of sp³-hybridized carbons (Fsp3) is 0.300.